The van der Waals surface area contributed by atoms with E-state index in [2.05, 4.69) is 6.07 Å². The fourth-order valence-corrected chi connectivity index (χ4v) is 2.82. The summed E-state index contributed by atoms with van der Waals surface area (Å²) in [6.07, 6.45) is 0.900. The number of carbonyl (C=O) groups excluding carboxylic acids is 2. The first-order chi connectivity index (χ1) is 11.4. The summed E-state index contributed by atoms with van der Waals surface area (Å²) in [5.41, 5.74) is 5.85. The van der Waals surface area contributed by atoms with Crippen LogP contribution in [0.5, 0.6) is 0 Å². The molecule has 0 N–H and O–H groups in total. The molecule has 0 radical (unpaired) electrons. The minimum absolute atomic E-state index is 0.134. The van der Waals surface area contributed by atoms with Gasteiger partial charge in [-0.2, -0.15) is 0 Å². The lowest BCUT2D eigenvalue weighted by Gasteiger charge is -2.14. The maximum absolute atomic E-state index is 12.5. The molecule has 2 rings (SSSR count). The standard InChI is InChI=1S/C21H24O3/c1-14-12-15(2)17(4)21(16(14)3)19(22)13-24-20(23)11-10-18-8-6-5-7-9-18/h5-9,12H,10-11,13H2,1-4H3. The molecule has 0 fully saturated rings. The number of ketones is 1. The van der Waals surface area contributed by atoms with E-state index in [-0.39, 0.29) is 24.8 Å². The highest BCUT2D eigenvalue weighted by molar-refractivity contribution is 6.01. The van der Waals surface area contributed by atoms with E-state index < -0.39 is 0 Å². The van der Waals surface area contributed by atoms with Crippen molar-refractivity contribution in [2.75, 3.05) is 6.61 Å². The van der Waals surface area contributed by atoms with E-state index in [1.54, 1.807) is 0 Å². The Hall–Kier alpha value is -2.42. The Bertz CT molecular complexity index is 719. The summed E-state index contributed by atoms with van der Waals surface area (Å²) in [5.74, 6) is -0.475. The maximum atomic E-state index is 12.5. The highest BCUT2D eigenvalue weighted by atomic mass is 16.5. The number of ether oxygens (including phenoxy) is 1. The second-order valence-electron chi connectivity index (χ2n) is 6.20. The van der Waals surface area contributed by atoms with E-state index in [0.29, 0.717) is 12.0 Å². The summed E-state index contributed by atoms with van der Waals surface area (Å²) in [4.78, 5) is 24.4. The highest BCUT2D eigenvalue weighted by Crippen LogP contribution is 2.22. The molecule has 0 aliphatic carbocycles. The molecular formula is C21H24O3. The molecule has 0 atom stereocenters. The number of aryl methyl sites for hydroxylation is 3. The summed E-state index contributed by atoms with van der Waals surface area (Å²) in [5, 5.41) is 0. The van der Waals surface area contributed by atoms with Gasteiger partial charge in [0.05, 0.1) is 0 Å². The van der Waals surface area contributed by atoms with Gasteiger partial charge < -0.3 is 4.74 Å². The molecule has 0 saturated heterocycles. The van der Waals surface area contributed by atoms with Crippen LogP contribution in [-0.4, -0.2) is 18.4 Å². The second-order valence-corrected chi connectivity index (χ2v) is 6.20. The summed E-state index contributed by atoms with van der Waals surface area (Å²) >= 11 is 0. The minimum Gasteiger partial charge on any atom is -0.457 e. The normalized spacial score (nSPS) is 10.5. The van der Waals surface area contributed by atoms with Crippen LogP contribution in [0.1, 0.15) is 44.6 Å². The molecule has 24 heavy (non-hydrogen) atoms. The van der Waals surface area contributed by atoms with Crippen LogP contribution in [0.4, 0.5) is 0 Å². The van der Waals surface area contributed by atoms with Crippen LogP contribution in [0, 0.1) is 27.7 Å². The second kappa shape index (κ2) is 7.91. The molecule has 3 heteroatoms. The van der Waals surface area contributed by atoms with Crippen molar-refractivity contribution in [2.45, 2.75) is 40.5 Å². The predicted molar refractivity (Wildman–Crippen MR) is 95.4 cm³/mol. The lowest BCUT2D eigenvalue weighted by atomic mass is 9.92. The summed E-state index contributed by atoms with van der Waals surface area (Å²) < 4.78 is 5.18. The van der Waals surface area contributed by atoms with Crippen LogP contribution in [-0.2, 0) is 16.0 Å². The van der Waals surface area contributed by atoms with Crippen LogP contribution in [0.2, 0.25) is 0 Å². The number of hydrogen-bond donors (Lipinski definition) is 0. The van der Waals surface area contributed by atoms with E-state index in [0.717, 1.165) is 27.8 Å². The van der Waals surface area contributed by atoms with E-state index in [9.17, 15) is 9.59 Å². The van der Waals surface area contributed by atoms with Gasteiger partial charge in [0.25, 0.3) is 0 Å². The average molecular weight is 324 g/mol. The Morgan fingerprint density at radius 1 is 0.917 bits per heavy atom. The SMILES string of the molecule is Cc1cc(C)c(C)c(C(=O)COC(=O)CCc2ccccc2)c1C. The number of esters is 1. The Kier molecular flexibility index (Phi) is 5.91. The van der Waals surface area contributed by atoms with Crippen molar-refractivity contribution in [2.24, 2.45) is 0 Å². The van der Waals surface area contributed by atoms with Crippen LogP contribution < -0.4 is 0 Å². The van der Waals surface area contributed by atoms with Crippen molar-refractivity contribution in [3.8, 4) is 0 Å². The number of Topliss-reactive ketones (excluding diaryl/α,β-unsaturated/α-hetero) is 1. The number of hydrogen-bond acceptors (Lipinski definition) is 3. The molecule has 126 valence electrons. The van der Waals surface area contributed by atoms with Gasteiger partial charge in [-0.25, -0.2) is 0 Å². The fourth-order valence-electron chi connectivity index (χ4n) is 2.82. The van der Waals surface area contributed by atoms with Crippen LogP contribution in [0.3, 0.4) is 0 Å². The third kappa shape index (κ3) is 4.31. The third-order valence-electron chi connectivity index (χ3n) is 4.47. The molecule has 0 heterocycles. The molecule has 0 aliphatic heterocycles. The van der Waals surface area contributed by atoms with E-state index in [1.165, 1.54) is 0 Å². The van der Waals surface area contributed by atoms with Gasteiger partial charge in [0.15, 0.2) is 6.61 Å². The number of benzene rings is 2. The zero-order valence-electron chi connectivity index (χ0n) is 14.8. The first-order valence-corrected chi connectivity index (χ1v) is 8.20. The Balaban J connectivity index is 1.95. The van der Waals surface area contributed by atoms with Crippen molar-refractivity contribution < 1.29 is 14.3 Å². The van der Waals surface area contributed by atoms with Crippen molar-refractivity contribution in [1.29, 1.82) is 0 Å². The van der Waals surface area contributed by atoms with Crippen molar-refractivity contribution in [1.82, 2.24) is 0 Å². The number of rotatable bonds is 6. The van der Waals surface area contributed by atoms with Crippen molar-refractivity contribution in [3.63, 3.8) is 0 Å². The van der Waals surface area contributed by atoms with Gasteiger partial charge in [-0.1, -0.05) is 36.4 Å². The monoisotopic (exact) mass is 324 g/mol. The summed E-state index contributed by atoms with van der Waals surface area (Å²) in [7, 11) is 0. The molecule has 0 aromatic heterocycles. The topological polar surface area (TPSA) is 43.4 Å². The quantitative estimate of drug-likeness (QED) is 0.588. The third-order valence-corrected chi connectivity index (χ3v) is 4.47. The van der Waals surface area contributed by atoms with Crippen LogP contribution in [0.25, 0.3) is 0 Å². The van der Waals surface area contributed by atoms with E-state index >= 15 is 0 Å². The Labute approximate surface area is 143 Å². The van der Waals surface area contributed by atoms with Crippen LogP contribution in [0.15, 0.2) is 36.4 Å². The summed E-state index contributed by atoms with van der Waals surface area (Å²) in [6, 6.07) is 11.8. The van der Waals surface area contributed by atoms with Crippen molar-refractivity contribution >= 4 is 11.8 Å². The van der Waals surface area contributed by atoms with Gasteiger partial charge >= 0.3 is 5.97 Å². The molecule has 0 unspecified atom stereocenters. The zero-order chi connectivity index (χ0) is 17.7. The van der Waals surface area contributed by atoms with Gasteiger partial charge in [-0.15, -0.1) is 0 Å². The molecule has 0 aliphatic rings. The van der Waals surface area contributed by atoms with Crippen LogP contribution >= 0.6 is 0 Å². The van der Waals surface area contributed by atoms with Gasteiger partial charge in [-0.3, -0.25) is 9.59 Å². The molecule has 0 bridgehead atoms. The lowest BCUT2D eigenvalue weighted by molar-refractivity contribution is -0.142. The highest BCUT2D eigenvalue weighted by Gasteiger charge is 2.17. The molecule has 2 aromatic rings. The van der Waals surface area contributed by atoms with Gasteiger partial charge in [0.1, 0.15) is 0 Å². The first kappa shape index (κ1) is 17.9. The van der Waals surface area contributed by atoms with E-state index in [4.69, 9.17) is 4.74 Å². The molecule has 0 spiro atoms. The maximum Gasteiger partial charge on any atom is 0.306 e. The smallest absolute Gasteiger partial charge is 0.306 e. The first-order valence-electron chi connectivity index (χ1n) is 8.20. The molecule has 3 nitrogen and oxygen atoms in total. The lowest BCUT2D eigenvalue weighted by Crippen LogP contribution is -2.17. The minimum atomic E-state index is -0.341. The molecule has 0 amide bonds. The number of carbonyl (C=O) groups is 2. The summed E-state index contributed by atoms with van der Waals surface area (Å²) in [6.45, 7) is 7.66. The Morgan fingerprint density at radius 3 is 2.08 bits per heavy atom. The largest absolute Gasteiger partial charge is 0.457 e. The van der Waals surface area contributed by atoms with Gasteiger partial charge in [0, 0.05) is 12.0 Å². The average Bonchev–Trinajstić information content (AvgIpc) is 2.57. The fraction of sp³-hybridized carbons (Fsp3) is 0.333. The zero-order valence-corrected chi connectivity index (χ0v) is 14.8. The predicted octanol–water partition coefficient (Wildman–Crippen LogP) is 4.28. The van der Waals surface area contributed by atoms with Gasteiger partial charge in [-0.05, 0) is 61.9 Å². The molecular weight excluding hydrogens is 300 g/mol. The van der Waals surface area contributed by atoms with Crippen molar-refractivity contribution in [3.05, 3.63) is 69.8 Å². The Morgan fingerprint density at radius 2 is 1.50 bits per heavy atom. The van der Waals surface area contributed by atoms with Gasteiger partial charge in [0.2, 0.25) is 5.78 Å². The molecule has 0 saturated carbocycles. The molecule has 2 aromatic carbocycles. The van der Waals surface area contributed by atoms with E-state index in [1.807, 2.05) is 58.0 Å².